The zero-order chi connectivity index (χ0) is 10.6. The van der Waals surface area contributed by atoms with Gasteiger partial charge in [0.05, 0.1) is 6.61 Å². The van der Waals surface area contributed by atoms with Crippen molar-refractivity contribution in [1.29, 1.82) is 0 Å². The minimum atomic E-state index is -0.692. The molecule has 0 aromatic carbocycles. The van der Waals surface area contributed by atoms with Gasteiger partial charge in [-0.2, -0.15) is 0 Å². The van der Waals surface area contributed by atoms with Gasteiger partial charge in [-0.1, -0.05) is 5.16 Å². The van der Waals surface area contributed by atoms with Crippen LogP contribution < -0.4 is 0 Å². The third kappa shape index (κ3) is 1.29. The van der Waals surface area contributed by atoms with Crippen molar-refractivity contribution < 1.29 is 24.2 Å². The zero-order valence-corrected chi connectivity index (χ0v) is 8.54. The molecule has 0 amide bonds. The van der Waals surface area contributed by atoms with Crippen molar-refractivity contribution in [2.45, 2.75) is 44.2 Å². The molecule has 3 heterocycles. The lowest BCUT2D eigenvalue weighted by Crippen LogP contribution is -2.49. The number of oxime groups is 1. The zero-order valence-electron chi connectivity index (χ0n) is 8.54. The van der Waals surface area contributed by atoms with Gasteiger partial charge in [-0.05, 0) is 13.8 Å². The molecule has 0 spiro atoms. The Balaban J connectivity index is 1.95. The molecule has 4 atom stereocenters. The maximum absolute atomic E-state index is 8.95. The first-order chi connectivity index (χ1) is 7.11. The van der Waals surface area contributed by atoms with E-state index in [1.807, 2.05) is 13.8 Å². The molecule has 3 rings (SSSR count). The highest BCUT2D eigenvalue weighted by Crippen LogP contribution is 2.39. The summed E-state index contributed by atoms with van der Waals surface area (Å²) in [5.41, 5.74) is 0.458. The maximum atomic E-state index is 8.95. The maximum Gasteiger partial charge on any atom is 0.187 e. The van der Waals surface area contributed by atoms with Crippen LogP contribution in [0, 0.1) is 0 Å². The van der Waals surface area contributed by atoms with Gasteiger partial charge in [0, 0.05) is 0 Å². The summed E-state index contributed by atoms with van der Waals surface area (Å²) in [7, 11) is 0. The number of rotatable bonds is 0. The lowest BCUT2D eigenvalue weighted by atomic mass is 10.0. The smallest absolute Gasteiger partial charge is 0.187 e. The Morgan fingerprint density at radius 1 is 1.40 bits per heavy atom. The van der Waals surface area contributed by atoms with Gasteiger partial charge in [-0.15, -0.1) is 0 Å². The number of ether oxygens (including phenoxy) is 4. The number of hydrogen-bond donors (Lipinski definition) is 1. The molecule has 4 unspecified atom stereocenters. The Kier molecular flexibility index (Phi) is 1.85. The van der Waals surface area contributed by atoms with Crippen LogP contribution in [0.3, 0.4) is 0 Å². The van der Waals surface area contributed by atoms with Gasteiger partial charge in [0.2, 0.25) is 0 Å². The molecule has 84 valence electrons. The first kappa shape index (κ1) is 9.53. The van der Waals surface area contributed by atoms with E-state index in [4.69, 9.17) is 24.2 Å². The average molecular weight is 215 g/mol. The molecule has 6 nitrogen and oxygen atoms in total. The van der Waals surface area contributed by atoms with Crippen LogP contribution in [0.25, 0.3) is 0 Å². The summed E-state index contributed by atoms with van der Waals surface area (Å²) in [6.07, 6.45) is -1.42. The van der Waals surface area contributed by atoms with Crippen molar-refractivity contribution in [3.63, 3.8) is 0 Å². The predicted octanol–water partition coefficient (Wildman–Crippen LogP) is 0.0918. The molecular weight excluding hydrogens is 202 g/mol. The van der Waals surface area contributed by atoms with Crippen molar-refractivity contribution in [2.75, 3.05) is 6.61 Å². The topological polar surface area (TPSA) is 69.5 Å². The third-order valence-corrected chi connectivity index (χ3v) is 2.84. The Labute approximate surface area is 86.7 Å². The monoisotopic (exact) mass is 215 g/mol. The fraction of sp³-hybridized carbons (Fsp3) is 0.889. The molecule has 3 aliphatic rings. The van der Waals surface area contributed by atoms with E-state index in [1.54, 1.807) is 0 Å². The minimum absolute atomic E-state index is 0.307. The summed E-state index contributed by atoms with van der Waals surface area (Å²) in [4.78, 5) is 0. The molecule has 0 saturated carbocycles. The van der Waals surface area contributed by atoms with Crippen LogP contribution in [0.15, 0.2) is 5.16 Å². The van der Waals surface area contributed by atoms with Gasteiger partial charge in [-0.25, -0.2) is 0 Å². The average Bonchev–Trinajstić information content (AvgIpc) is 2.70. The molecule has 3 saturated heterocycles. The van der Waals surface area contributed by atoms with Crippen LogP contribution in [0.4, 0.5) is 0 Å². The summed E-state index contributed by atoms with van der Waals surface area (Å²) in [5, 5.41) is 12.2. The van der Waals surface area contributed by atoms with Crippen molar-refractivity contribution >= 4 is 5.71 Å². The van der Waals surface area contributed by atoms with E-state index in [-0.39, 0.29) is 18.3 Å². The van der Waals surface area contributed by atoms with E-state index in [2.05, 4.69) is 5.16 Å². The summed E-state index contributed by atoms with van der Waals surface area (Å²) in [6, 6.07) is 0. The summed E-state index contributed by atoms with van der Waals surface area (Å²) >= 11 is 0. The SMILES string of the molecule is CC1(C)OC2/C(=N/O)C3COC(O3)C2O1. The van der Waals surface area contributed by atoms with Crippen molar-refractivity contribution in [2.24, 2.45) is 5.16 Å². The standard InChI is InChI=1S/C9H13NO5/c1-9(2)14-6-5(10-11)4-3-12-8(13-4)7(6)15-9/h4,6-8,11H,3H2,1-2H3/b10-5+. The number of nitrogens with zero attached hydrogens (tertiary/aromatic N) is 1. The lowest BCUT2D eigenvalue weighted by Gasteiger charge is -2.27. The molecule has 0 aromatic heterocycles. The summed E-state index contributed by atoms with van der Waals surface area (Å²) in [6.45, 7) is 4.02. The van der Waals surface area contributed by atoms with Gasteiger partial charge < -0.3 is 24.2 Å². The van der Waals surface area contributed by atoms with Crippen LogP contribution in [0.5, 0.6) is 0 Å². The van der Waals surface area contributed by atoms with E-state index in [0.717, 1.165) is 0 Å². The molecule has 0 aliphatic carbocycles. The summed E-state index contributed by atoms with van der Waals surface area (Å²) in [5.74, 6) is -0.692. The second-order valence-corrected chi connectivity index (χ2v) is 4.37. The molecule has 0 radical (unpaired) electrons. The van der Waals surface area contributed by atoms with E-state index in [1.165, 1.54) is 0 Å². The van der Waals surface area contributed by atoms with Crippen LogP contribution in [0.1, 0.15) is 13.8 Å². The van der Waals surface area contributed by atoms with Crippen LogP contribution in [0.2, 0.25) is 0 Å². The predicted molar refractivity (Wildman–Crippen MR) is 47.7 cm³/mol. The molecule has 6 heteroatoms. The van der Waals surface area contributed by atoms with Crippen LogP contribution in [-0.4, -0.2) is 47.9 Å². The Morgan fingerprint density at radius 3 is 2.93 bits per heavy atom. The van der Waals surface area contributed by atoms with Gasteiger partial charge in [0.1, 0.15) is 24.0 Å². The largest absolute Gasteiger partial charge is 0.411 e. The molecule has 15 heavy (non-hydrogen) atoms. The molecule has 3 fully saturated rings. The van der Waals surface area contributed by atoms with Gasteiger partial charge >= 0.3 is 0 Å². The van der Waals surface area contributed by atoms with Crippen molar-refractivity contribution in [1.82, 2.24) is 0 Å². The second kappa shape index (κ2) is 2.91. The first-order valence-corrected chi connectivity index (χ1v) is 4.95. The normalized spacial score (nSPS) is 49.6. The van der Waals surface area contributed by atoms with Gasteiger partial charge in [0.15, 0.2) is 12.1 Å². The second-order valence-electron chi connectivity index (χ2n) is 4.37. The Bertz CT molecular complexity index is 316. The van der Waals surface area contributed by atoms with Crippen molar-refractivity contribution in [3.05, 3.63) is 0 Å². The molecule has 1 N–H and O–H groups in total. The van der Waals surface area contributed by atoms with Gasteiger partial charge in [-0.3, -0.25) is 0 Å². The fourth-order valence-electron chi connectivity index (χ4n) is 2.27. The first-order valence-electron chi connectivity index (χ1n) is 4.95. The Morgan fingerprint density at radius 2 is 2.20 bits per heavy atom. The van der Waals surface area contributed by atoms with E-state index < -0.39 is 12.1 Å². The van der Waals surface area contributed by atoms with Crippen molar-refractivity contribution in [3.8, 4) is 0 Å². The Hall–Kier alpha value is -0.690. The van der Waals surface area contributed by atoms with Gasteiger partial charge in [0.25, 0.3) is 0 Å². The fourth-order valence-corrected chi connectivity index (χ4v) is 2.27. The van der Waals surface area contributed by atoms with E-state index in [0.29, 0.717) is 12.3 Å². The summed E-state index contributed by atoms with van der Waals surface area (Å²) < 4.78 is 22.2. The highest BCUT2D eigenvalue weighted by atomic mass is 16.8. The van der Waals surface area contributed by atoms with Crippen LogP contribution >= 0.6 is 0 Å². The lowest BCUT2D eigenvalue weighted by molar-refractivity contribution is -0.183. The van der Waals surface area contributed by atoms with E-state index >= 15 is 0 Å². The number of fused-ring (bicyclic) bond motifs is 4. The molecule has 3 aliphatic heterocycles. The molecule has 2 bridgehead atoms. The van der Waals surface area contributed by atoms with Crippen LogP contribution in [-0.2, 0) is 18.9 Å². The quantitative estimate of drug-likeness (QED) is 0.458. The van der Waals surface area contributed by atoms with E-state index in [9.17, 15) is 0 Å². The molecular formula is C9H13NO5. The highest BCUT2D eigenvalue weighted by Gasteiger charge is 2.57. The molecule has 0 aromatic rings. The highest BCUT2D eigenvalue weighted by molar-refractivity contribution is 5.94. The minimum Gasteiger partial charge on any atom is -0.411 e. The third-order valence-electron chi connectivity index (χ3n) is 2.84. The number of hydrogen-bond acceptors (Lipinski definition) is 6.